The predicted molar refractivity (Wildman–Crippen MR) is 97.7 cm³/mol. The summed E-state index contributed by atoms with van der Waals surface area (Å²) in [5.41, 5.74) is 12.1. The van der Waals surface area contributed by atoms with Crippen molar-refractivity contribution in [2.24, 2.45) is 0 Å². The number of thiophene rings is 1. The summed E-state index contributed by atoms with van der Waals surface area (Å²) in [5.74, 6) is 0. The molecule has 0 amide bonds. The molecule has 1 unspecified atom stereocenters. The van der Waals surface area contributed by atoms with E-state index in [-0.39, 0.29) is 0 Å². The molecular weight excluding hydrogens is 302 g/mol. The van der Waals surface area contributed by atoms with E-state index in [0.717, 1.165) is 31.1 Å². The van der Waals surface area contributed by atoms with Crippen LogP contribution in [-0.4, -0.2) is 18.0 Å². The molecule has 0 spiro atoms. The lowest BCUT2D eigenvalue weighted by Gasteiger charge is -2.20. The molecule has 0 aliphatic carbocycles. The lowest BCUT2D eigenvalue weighted by Crippen LogP contribution is -2.22. The number of aryl methyl sites for hydroxylation is 1. The van der Waals surface area contributed by atoms with E-state index in [9.17, 15) is 0 Å². The molecule has 1 aromatic carbocycles. The molecule has 3 heterocycles. The maximum absolute atomic E-state index is 6.31. The molecule has 0 bridgehead atoms. The van der Waals surface area contributed by atoms with Crippen LogP contribution >= 0.6 is 11.3 Å². The lowest BCUT2D eigenvalue weighted by molar-refractivity contribution is 0.263. The molecule has 2 aliphatic heterocycles. The summed E-state index contributed by atoms with van der Waals surface area (Å²) in [6, 6.07) is 9.56. The molecule has 1 saturated heterocycles. The second kappa shape index (κ2) is 6.27. The predicted octanol–water partition coefficient (Wildman–Crippen LogP) is 3.49. The van der Waals surface area contributed by atoms with Crippen LogP contribution in [0.2, 0.25) is 0 Å². The molecule has 23 heavy (non-hydrogen) atoms. The number of nitrogen functional groups attached to an aromatic ring is 1. The van der Waals surface area contributed by atoms with Crippen LogP contribution in [0.25, 0.3) is 0 Å². The Bertz CT molecular complexity index is 703. The van der Waals surface area contributed by atoms with Gasteiger partial charge in [-0.2, -0.15) is 0 Å². The molecule has 2 aliphatic rings. The van der Waals surface area contributed by atoms with Crippen LogP contribution < -0.4 is 11.1 Å². The van der Waals surface area contributed by atoms with Gasteiger partial charge in [0, 0.05) is 36.1 Å². The number of nitrogens with one attached hydrogen (secondary N) is 1. The van der Waals surface area contributed by atoms with Crippen LogP contribution in [0.5, 0.6) is 0 Å². The minimum atomic E-state index is 0.530. The molecule has 4 rings (SSSR count). The highest BCUT2D eigenvalue weighted by Crippen LogP contribution is 2.41. The summed E-state index contributed by atoms with van der Waals surface area (Å²) in [4.78, 5) is 4.08. The van der Waals surface area contributed by atoms with Crippen LogP contribution in [0.4, 0.5) is 5.00 Å². The van der Waals surface area contributed by atoms with E-state index >= 15 is 0 Å². The minimum absolute atomic E-state index is 0.530. The fourth-order valence-electron chi connectivity index (χ4n) is 3.70. The standard InChI is InChI=1S/C19H25N3S/c1-2-13-5-3-6-14(9-13)11-22-8-4-7-15-17(12-22)23-19(20)18(15)16-10-21-16/h3,5-6,9,16,21H,2,4,7-8,10-12,20H2,1H3. The highest BCUT2D eigenvalue weighted by atomic mass is 32.1. The Morgan fingerprint density at radius 3 is 2.96 bits per heavy atom. The van der Waals surface area contributed by atoms with Crippen molar-refractivity contribution in [3.8, 4) is 0 Å². The van der Waals surface area contributed by atoms with Crippen LogP contribution in [0.3, 0.4) is 0 Å². The number of anilines is 1. The average Bonchev–Trinajstić information content (AvgIpc) is 3.35. The molecule has 1 atom stereocenters. The quantitative estimate of drug-likeness (QED) is 0.845. The molecule has 3 N–H and O–H groups in total. The average molecular weight is 327 g/mol. The maximum Gasteiger partial charge on any atom is 0.0911 e. The Morgan fingerprint density at radius 1 is 1.35 bits per heavy atom. The number of fused-ring (bicyclic) bond motifs is 1. The van der Waals surface area contributed by atoms with Crippen molar-refractivity contribution in [1.29, 1.82) is 0 Å². The van der Waals surface area contributed by atoms with E-state index in [1.165, 1.54) is 41.0 Å². The van der Waals surface area contributed by atoms with Gasteiger partial charge in [-0.05, 0) is 42.5 Å². The van der Waals surface area contributed by atoms with Gasteiger partial charge in [0.15, 0.2) is 0 Å². The second-order valence-corrected chi connectivity index (χ2v) is 7.87. The first-order chi connectivity index (χ1) is 11.2. The van der Waals surface area contributed by atoms with Gasteiger partial charge in [0.1, 0.15) is 0 Å². The number of nitrogens with two attached hydrogens (primary N) is 1. The molecule has 1 fully saturated rings. The minimum Gasteiger partial charge on any atom is -0.390 e. The SMILES string of the molecule is CCc1cccc(CN2CCCc3c(sc(N)c3C3CN3)C2)c1. The molecule has 2 aromatic rings. The summed E-state index contributed by atoms with van der Waals surface area (Å²) < 4.78 is 0. The van der Waals surface area contributed by atoms with E-state index in [1.54, 1.807) is 5.56 Å². The van der Waals surface area contributed by atoms with Gasteiger partial charge in [-0.15, -0.1) is 11.3 Å². The third-order valence-corrected chi connectivity index (χ3v) is 6.05. The van der Waals surface area contributed by atoms with Crippen molar-refractivity contribution in [1.82, 2.24) is 10.2 Å². The van der Waals surface area contributed by atoms with Gasteiger partial charge in [-0.25, -0.2) is 0 Å². The van der Waals surface area contributed by atoms with E-state index in [0.29, 0.717) is 6.04 Å². The molecule has 0 saturated carbocycles. The summed E-state index contributed by atoms with van der Waals surface area (Å²) in [6.45, 7) is 6.59. The lowest BCUT2D eigenvalue weighted by atomic mass is 10.0. The van der Waals surface area contributed by atoms with Gasteiger partial charge < -0.3 is 11.1 Å². The summed E-state index contributed by atoms with van der Waals surface area (Å²) in [6.07, 6.45) is 3.52. The van der Waals surface area contributed by atoms with Crippen LogP contribution in [-0.2, 0) is 25.9 Å². The van der Waals surface area contributed by atoms with Crippen molar-refractivity contribution in [3.63, 3.8) is 0 Å². The largest absolute Gasteiger partial charge is 0.390 e. The van der Waals surface area contributed by atoms with Gasteiger partial charge >= 0.3 is 0 Å². The number of nitrogens with zero attached hydrogens (tertiary/aromatic N) is 1. The fourth-order valence-corrected chi connectivity index (χ4v) is 4.92. The Kier molecular flexibility index (Phi) is 4.14. The first kappa shape index (κ1) is 15.2. The van der Waals surface area contributed by atoms with Crippen LogP contribution in [0, 0.1) is 0 Å². The van der Waals surface area contributed by atoms with Crippen molar-refractivity contribution in [2.75, 3.05) is 18.8 Å². The van der Waals surface area contributed by atoms with Gasteiger partial charge in [0.05, 0.1) is 5.00 Å². The topological polar surface area (TPSA) is 51.2 Å². The second-order valence-electron chi connectivity index (χ2n) is 6.73. The Balaban J connectivity index is 1.54. The van der Waals surface area contributed by atoms with Crippen molar-refractivity contribution >= 4 is 16.3 Å². The molecule has 0 radical (unpaired) electrons. The Hall–Kier alpha value is -1.36. The Morgan fingerprint density at radius 2 is 2.17 bits per heavy atom. The highest BCUT2D eigenvalue weighted by Gasteiger charge is 2.31. The summed E-state index contributed by atoms with van der Waals surface area (Å²) in [5, 5.41) is 4.47. The third-order valence-electron chi connectivity index (χ3n) is 4.99. The van der Waals surface area contributed by atoms with Crippen molar-refractivity contribution in [3.05, 3.63) is 51.4 Å². The van der Waals surface area contributed by atoms with Gasteiger partial charge in [-0.1, -0.05) is 31.2 Å². The number of benzene rings is 1. The highest BCUT2D eigenvalue weighted by molar-refractivity contribution is 7.16. The van der Waals surface area contributed by atoms with E-state index < -0.39 is 0 Å². The number of hydrogen-bond acceptors (Lipinski definition) is 4. The van der Waals surface area contributed by atoms with E-state index in [1.807, 2.05) is 11.3 Å². The van der Waals surface area contributed by atoms with E-state index in [4.69, 9.17) is 5.73 Å². The number of rotatable bonds is 4. The molecule has 122 valence electrons. The molecule has 4 heteroatoms. The van der Waals surface area contributed by atoms with Crippen LogP contribution in [0.15, 0.2) is 24.3 Å². The Labute approximate surface area is 142 Å². The summed E-state index contributed by atoms with van der Waals surface area (Å²) in [7, 11) is 0. The smallest absolute Gasteiger partial charge is 0.0911 e. The van der Waals surface area contributed by atoms with Crippen molar-refractivity contribution < 1.29 is 0 Å². The zero-order valence-electron chi connectivity index (χ0n) is 13.8. The third kappa shape index (κ3) is 3.16. The normalized spacial score (nSPS) is 21.0. The maximum atomic E-state index is 6.31. The molecule has 3 nitrogen and oxygen atoms in total. The van der Waals surface area contributed by atoms with Crippen LogP contribution in [0.1, 0.15) is 46.5 Å². The zero-order valence-corrected chi connectivity index (χ0v) is 14.6. The first-order valence-electron chi connectivity index (χ1n) is 8.68. The molecule has 1 aromatic heterocycles. The van der Waals surface area contributed by atoms with Gasteiger partial charge in [-0.3, -0.25) is 4.90 Å². The van der Waals surface area contributed by atoms with E-state index in [2.05, 4.69) is 41.4 Å². The first-order valence-corrected chi connectivity index (χ1v) is 9.49. The number of hydrogen-bond donors (Lipinski definition) is 2. The van der Waals surface area contributed by atoms with Gasteiger partial charge in [0.2, 0.25) is 0 Å². The van der Waals surface area contributed by atoms with Crippen molar-refractivity contribution in [2.45, 2.75) is 45.3 Å². The molecular formula is C19H25N3S. The fraction of sp³-hybridized carbons (Fsp3) is 0.474. The van der Waals surface area contributed by atoms with Gasteiger partial charge in [0.25, 0.3) is 0 Å². The zero-order chi connectivity index (χ0) is 15.8. The summed E-state index contributed by atoms with van der Waals surface area (Å²) >= 11 is 1.82. The monoisotopic (exact) mass is 327 g/mol.